The van der Waals surface area contributed by atoms with Crippen molar-refractivity contribution in [3.8, 4) is 0 Å². The first-order valence-corrected chi connectivity index (χ1v) is 11.4. The van der Waals surface area contributed by atoms with Gasteiger partial charge in [-0.05, 0) is 51.8 Å². The van der Waals surface area contributed by atoms with Crippen molar-refractivity contribution in [2.75, 3.05) is 45.9 Å². The smallest absolute Gasteiger partial charge is 0.410 e. The Hall–Kier alpha value is -2.39. The second kappa shape index (κ2) is 9.23. The number of carbonyl (C=O) groups is 1. The zero-order chi connectivity index (χ0) is 22.9. The molecule has 9 heteroatoms. The van der Waals surface area contributed by atoms with Gasteiger partial charge >= 0.3 is 11.8 Å². The van der Waals surface area contributed by atoms with E-state index in [0.29, 0.717) is 51.2 Å². The Labute approximate surface area is 187 Å². The standard InChI is InChI=1S/C23H33FN4O4/c1-23(2,3)32-22(30)26-8-6-18(7-9-26)28-20-16-17(24)4-5-19(20)27(21(28)29)11-10-25-12-14-31-15-13-25/h4-5,16,18H,6-15H2,1-3H3. The lowest BCUT2D eigenvalue weighted by atomic mass is 10.0. The zero-order valence-electron chi connectivity index (χ0n) is 19.2. The van der Waals surface area contributed by atoms with Gasteiger partial charge < -0.3 is 14.4 Å². The van der Waals surface area contributed by atoms with Crippen LogP contribution in [0.4, 0.5) is 9.18 Å². The van der Waals surface area contributed by atoms with Crippen LogP contribution in [0, 0.1) is 5.82 Å². The summed E-state index contributed by atoms with van der Waals surface area (Å²) < 4.78 is 28.5. The number of ether oxygens (including phenoxy) is 2. The van der Waals surface area contributed by atoms with Crippen LogP contribution in [-0.4, -0.2) is 76.6 Å². The summed E-state index contributed by atoms with van der Waals surface area (Å²) in [5.41, 5.74) is 0.706. The predicted octanol–water partition coefficient (Wildman–Crippen LogP) is 2.85. The lowest BCUT2D eigenvalue weighted by Crippen LogP contribution is -2.43. The minimum atomic E-state index is -0.545. The number of hydrogen-bond donors (Lipinski definition) is 0. The van der Waals surface area contributed by atoms with E-state index in [9.17, 15) is 14.0 Å². The first-order chi connectivity index (χ1) is 15.2. The predicted molar refractivity (Wildman–Crippen MR) is 119 cm³/mol. The van der Waals surface area contributed by atoms with Crippen LogP contribution in [0.3, 0.4) is 0 Å². The average molecular weight is 449 g/mol. The van der Waals surface area contributed by atoms with Crippen molar-refractivity contribution in [1.82, 2.24) is 18.9 Å². The van der Waals surface area contributed by atoms with E-state index in [1.165, 1.54) is 12.1 Å². The van der Waals surface area contributed by atoms with Crippen molar-refractivity contribution in [2.24, 2.45) is 0 Å². The van der Waals surface area contributed by atoms with Crippen molar-refractivity contribution < 1.29 is 18.7 Å². The van der Waals surface area contributed by atoms with E-state index in [1.54, 1.807) is 20.1 Å². The van der Waals surface area contributed by atoms with E-state index in [2.05, 4.69) is 4.90 Å². The summed E-state index contributed by atoms with van der Waals surface area (Å²) in [6, 6.07) is 4.46. The van der Waals surface area contributed by atoms with E-state index < -0.39 is 5.60 Å². The van der Waals surface area contributed by atoms with Crippen LogP contribution < -0.4 is 5.69 Å². The Bertz CT molecular complexity index is 1010. The molecular weight excluding hydrogens is 415 g/mol. The molecule has 1 aromatic heterocycles. The monoisotopic (exact) mass is 448 g/mol. The molecule has 2 aliphatic rings. The van der Waals surface area contributed by atoms with Gasteiger partial charge in [0.1, 0.15) is 11.4 Å². The third-order valence-electron chi connectivity index (χ3n) is 6.15. The van der Waals surface area contributed by atoms with Crippen LogP contribution in [0.15, 0.2) is 23.0 Å². The van der Waals surface area contributed by atoms with E-state index in [4.69, 9.17) is 9.47 Å². The van der Waals surface area contributed by atoms with Crippen LogP contribution in [0.25, 0.3) is 11.0 Å². The van der Waals surface area contributed by atoms with Crippen LogP contribution in [-0.2, 0) is 16.0 Å². The van der Waals surface area contributed by atoms with E-state index in [-0.39, 0.29) is 23.6 Å². The highest BCUT2D eigenvalue weighted by atomic mass is 19.1. The number of carbonyl (C=O) groups excluding carboxylic acids is 1. The molecule has 176 valence electrons. The number of amides is 1. The molecule has 2 aliphatic heterocycles. The maximum absolute atomic E-state index is 14.1. The number of hydrogen-bond acceptors (Lipinski definition) is 5. The fourth-order valence-corrected chi connectivity index (χ4v) is 4.52. The molecular formula is C23H33FN4O4. The molecule has 0 aliphatic carbocycles. The summed E-state index contributed by atoms with van der Waals surface area (Å²) >= 11 is 0. The number of piperidine rings is 1. The van der Waals surface area contributed by atoms with Crippen molar-refractivity contribution in [2.45, 2.75) is 51.8 Å². The number of rotatable bonds is 4. The molecule has 0 radical (unpaired) electrons. The Morgan fingerprint density at radius 1 is 1.09 bits per heavy atom. The number of benzene rings is 1. The lowest BCUT2D eigenvalue weighted by Gasteiger charge is -2.33. The van der Waals surface area contributed by atoms with Gasteiger partial charge in [-0.1, -0.05) is 0 Å². The fourth-order valence-electron chi connectivity index (χ4n) is 4.52. The third kappa shape index (κ3) is 4.99. The molecule has 0 N–H and O–H groups in total. The van der Waals surface area contributed by atoms with Gasteiger partial charge in [0.2, 0.25) is 0 Å². The number of halogens is 1. The summed E-state index contributed by atoms with van der Waals surface area (Å²) in [5.74, 6) is -0.359. The quantitative estimate of drug-likeness (QED) is 0.720. The molecule has 0 spiro atoms. The average Bonchev–Trinajstić information content (AvgIpc) is 3.02. The molecule has 0 unspecified atom stereocenters. The van der Waals surface area contributed by atoms with Gasteiger partial charge in [-0.2, -0.15) is 0 Å². The summed E-state index contributed by atoms with van der Waals surface area (Å²) in [6.07, 6.45) is 0.915. The van der Waals surface area contributed by atoms with Gasteiger partial charge in [-0.15, -0.1) is 0 Å². The highest BCUT2D eigenvalue weighted by Gasteiger charge is 2.30. The second-order valence-corrected chi connectivity index (χ2v) is 9.59. The number of fused-ring (bicyclic) bond motifs is 1. The molecule has 32 heavy (non-hydrogen) atoms. The number of likely N-dealkylation sites (tertiary alicyclic amines) is 1. The van der Waals surface area contributed by atoms with Crippen molar-refractivity contribution in [3.05, 3.63) is 34.5 Å². The number of imidazole rings is 1. The van der Waals surface area contributed by atoms with Crippen LogP contribution in [0.5, 0.6) is 0 Å². The van der Waals surface area contributed by atoms with E-state index in [0.717, 1.165) is 25.2 Å². The van der Waals surface area contributed by atoms with E-state index in [1.807, 2.05) is 20.8 Å². The summed E-state index contributed by atoms with van der Waals surface area (Å²) in [4.78, 5) is 29.8. The maximum atomic E-state index is 14.1. The highest BCUT2D eigenvalue weighted by Crippen LogP contribution is 2.27. The van der Waals surface area contributed by atoms with Crippen LogP contribution in [0.2, 0.25) is 0 Å². The summed E-state index contributed by atoms with van der Waals surface area (Å²) in [5, 5.41) is 0. The van der Waals surface area contributed by atoms with Crippen molar-refractivity contribution >= 4 is 17.1 Å². The molecule has 8 nitrogen and oxygen atoms in total. The third-order valence-corrected chi connectivity index (χ3v) is 6.15. The van der Waals surface area contributed by atoms with Gasteiger partial charge in [0.15, 0.2) is 0 Å². The van der Waals surface area contributed by atoms with Gasteiger partial charge in [0.05, 0.1) is 24.2 Å². The molecule has 4 rings (SSSR count). The van der Waals surface area contributed by atoms with Gasteiger partial charge in [-0.3, -0.25) is 14.0 Å². The minimum Gasteiger partial charge on any atom is -0.444 e. The van der Waals surface area contributed by atoms with Crippen LogP contribution in [0.1, 0.15) is 39.7 Å². The van der Waals surface area contributed by atoms with Gasteiger partial charge in [-0.25, -0.2) is 14.0 Å². The topological polar surface area (TPSA) is 68.9 Å². The van der Waals surface area contributed by atoms with Gasteiger partial charge in [0.25, 0.3) is 0 Å². The molecule has 0 bridgehead atoms. The first kappa shape index (κ1) is 22.8. The second-order valence-electron chi connectivity index (χ2n) is 9.59. The normalized spacial score (nSPS) is 18.9. The van der Waals surface area contributed by atoms with Crippen molar-refractivity contribution in [1.29, 1.82) is 0 Å². The highest BCUT2D eigenvalue weighted by molar-refractivity contribution is 5.76. The molecule has 3 heterocycles. The number of morpholine rings is 1. The Kier molecular flexibility index (Phi) is 6.57. The Morgan fingerprint density at radius 3 is 2.44 bits per heavy atom. The SMILES string of the molecule is CC(C)(C)OC(=O)N1CCC(n2c(=O)n(CCN3CCOCC3)c3ccc(F)cc32)CC1. The Morgan fingerprint density at radius 2 is 1.78 bits per heavy atom. The fraction of sp³-hybridized carbons (Fsp3) is 0.652. The summed E-state index contributed by atoms with van der Waals surface area (Å²) in [6.45, 7) is 10.9. The number of aromatic nitrogens is 2. The van der Waals surface area contributed by atoms with Gasteiger partial charge in [0, 0.05) is 45.3 Å². The zero-order valence-corrected chi connectivity index (χ0v) is 19.2. The molecule has 1 aromatic carbocycles. The van der Waals surface area contributed by atoms with Crippen LogP contribution >= 0.6 is 0 Å². The largest absolute Gasteiger partial charge is 0.444 e. The first-order valence-electron chi connectivity index (χ1n) is 11.4. The molecule has 0 saturated carbocycles. The number of nitrogens with zero attached hydrogens (tertiary/aromatic N) is 4. The maximum Gasteiger partial charge on any atom is 0.410 e. The van der Waals surface area contributed by atoms with E-state index >= 15 is 0 Å². The molecule has 1 amide bonds. The summed E-state index contributed by atoms with van der Waals surface area (Å²) in [7, 11) is 0. The lowest BCUT2D eigenvalue weighted by molar-refractivity contribution is 0.0188. The molecule has 2 saturated heterocycles. The Balaban J connectivity index is 1.54. The molecule has 2 fully saturated rings. The minimum absolute atomic E-state index is 0.0878. The molecule has 2 aromatic rings. The van der Waals surface area contributed by atoms with Crippen molar-refractivity contribution in [3.63, 3.8) is 0 Å². The molecule has 0 atom stereocenters.